The Balaban J connectivity index is 1.23. The normalized spacial score (nSPS) is 29.8. The third kappa shape index (κ3) is 3.60. The molecule has 31 heavy (non-hydrogen) atoms. The molecule has 1 aromatic heterocycles. The van der Waals surface area contributed by atoms with Crippen molar-refractivity contribution in [1.82, 2.24) is 9.55 Å². The fraction of sp³-hybridized carbons (Fsp3) is 0.600. The summed E-state index contributed by atoms with van der Waals surface area (Å²) in [5.41, 5.74) is 0.233. The van der Waals surface area contributed by atoms with Gasteiger partial charge in [0.05, 0.1) is 17.3 Å². The van der Waals surface area contributed by atoms with Crippen molar-refractivity contribution < 1.29 is 14.3 Å². The maximum absolute atomic E-state index is 13.3. The van der Waals surface area contributed by atoms with Gasteiger partial charge in [0.1, 0.15) is 5.82 Å². The first-order valence-corrected chi connectivity index (χ1v) is 11.5. The molecule has 0 spiro atoms. The molecule has 6 heteroatoms. The molecule has 2 aromatic rings. The molecular formula is C25H30N2O4. The minimum atomic E-state index is -0.711. The van der Waals surface area contributed by atoms with E-state index in [4.69, 9.17) is 4.74 Å². The number of ketones is 1. The van der Waals surface area contributed by atoms with Gasteiger partial charge in [-0.25, -0.2) is 4.98 Å². The molecule has 164 valence electrons. The van der Waals surface area contributed by atoms with E-state index < -0.39 is 12.1 Å². The summed E-state index contributed by atoms with van der Waals surface area (Å²) in [6.45, 7) is 1.73. The Morgan fingerprint density at radius 3 is 2.39 bits per heavy atom. The second kappa shape index (κ2) is 7.57. The minimum Gasteiger partial charge on any atom is -0.455 e. The quantitative estimate of drug-likeness (QED) is 0.665. The number of carbonyl (C=O) groups is 2. The molecule has 4 saturated carbocycles. The maximum Gasteiger partial charge on any atom is 0.306 e. The van der Waals surface area contributed by atoms with E-state index in [0.717, 1.165) is 19.3 Å². The predicted octanol–water partition coefficient (Wildman–Crippen LogP) is 3.58. The molecule has 4 bridgehead atoms. The highest BCUT2D eigenvalue weighted by Crippen LogP contribution is 2.60. The number of esters is 1. The SMILES string of the molecule is CC(OC(=O)CCc1nc2ccccc2c(=O)n1C)C(=O)C12CC3CC(CC(C3)C1)C2. The molecule has 0 saturated heterocycles. The van der Waals surface area contributed by atoms with Crippen molar-refractivity contribution in [2.45, 2.75) is 64.4 Å². The number of hydrogen-bond acceptors (Lipinski definition) is 5. The van der Waals surface area contributed by atoms with Crippen LogP contribution in [0.5, 0.6) is 0 Å². The zero-order valence-corrected chi connectivity index (χ0v) is 18.3. The summed E-state index contributed by atoms with van der Waals surface area (Å²) in [6, 6.07) is 7.19. The summed E-state index contributed by atoms with van der Waals surface area (Å²) in [4.78, 5) is 42.9. The summed E-state index contributed by atoms with van der Waals surface area (Å²) >= 11 is 0. The number of aryl methyl sites for hydroxylation is 1. The molecule has 6 nitrogen and oxygen atoms in total. The number of fused-ring (bicyclic) bond motifs is 1. The van der Waals surface area contributed by atoms with E-state index >= 15 is 0 Å². The van der Waals surface area contributed by atoms with Gasteiger partial charge in [0, 0.05) is 18.9 Å². The lowest BCUT2D eigenvalue weighted by molar-refractivity contribution is -0.165. The van der Waals surface area contributed by atoms with Crippen LogP contribution in [-0.4, -0.2) is 27.4 Å². The second-order valence-electron chi connectivity index (χ2n) is 10.1. The van der Waals surface area contributed by atoms with Crippen molar-refractivity contribution >= 4 is 22.7 Å². The first-order valence-electron chi connectivity index (χ1n) is 11.5. The van der Waals surface area contributed by atoms with E-state index in [-0.39, 0.29) is 23.2 Å². The van der Waals surface area contributed by atoms with Gasteiger partial charge in [0.2, 0.25) is 0 Å². The second-order valence-corrected chi connectivity index (χ2v) is 10.1. The average Bonchev–Trinajstić information content (AvgIpc) is 2.73. The van der Waals surface area contributed by atoms with Crippen molar-refractivity contribution in [2.24, 2.45) is 30.2 Å². The molecule has 1 aromatic carbocycles. The summed E-state index contributed by atoms with van der Waals surface area (Å²) in [5.74, 6) is 2.29. The highest BCUT2D eigenvalue weighted by atomic mass is 16.5. The van der Waals surface area contributed by atoms with Gasteiger partial charge in [0.25, 0.3) is 5.56 Å². The highest BCUT2D eigenvalue weighted by molar-refractivity contribution is 5.90. The fourth-order valence-corrected chi connectivity index (χ4v) is 6.85. The number of carbonyl (C=O) groups excluding carboxylic acids is 2. The summed E-state index contributed by atoms with van der Waals surface area (Å²) < 4.78 is 7.06. The number of nitrogens with zero attached hydrogens (tertiary/aromatic N) is 2. The Hall–Kier alpha value is -2.50. The van der Waals surface area contributed by atoms with Crippen LogP contribution in [0.15, 0.2) is 29.1 Å². The van der Waals surface area contributed by atoms with Gasteiger partial charge in [0.15, 0.2) is 11.9 Å². The number of benzene rings is 1. The minimum absolute atomic E-state index is 0.0944. The molecule has 0 radical (unpaired) electrons. The van der Waals surface area contributed by atoms with Crippen LogP contribution in [0.4, 0.5) is 0 Å². The van der Waals surface area contributed by atoms with Crippen LogP contribution in [0.25, 0.3) is 10.9 Å². The Kier molecular flexibility index (Phi) is 4.98. The topological polar surface area (TPSA) is 78.3 Å². The third-order valence-corrected chi connectivity index (χ3v) is 7.87. The van der Waals surface area contributed by atoms with Crippen molar-refractivity contribution in [2.75, 3.05) is 0 Å². The number of ether oxygens (including phenoxy) is 1. The average molecular weight is 423 g/mol. The van der Waals surface area contributed by atoms with Gasteiger partial charge in [-0.15, -0.1) is 0 Å². The number of Topliss-reactive ketones (excluding diaryl/α,β-unsaturated/α-hetero) is 1. The molecular weight excluding hydrogens is 392 g/mol. The van der Waals surface area contributed by atoms with Crippen LogP contribution in [0.3, 0.4) is 0 Å². The monoisotopic (exact) mass is 422 g/mol. The van der Waals surface area contributed by atoms with E-state index in [0.29, 0.717) is 40.9 Å². The van der Waals surface area contributed by atoms with Crippen molar-refractivity contribution in [3.05, 3.63) is 40.4 Å². The highest BCUT2D eigenvalue weighted by Gasteiger charge is 2.55. The van der Waals surface area contributed by atoms with Gasteiger partial charge in [-0.3, -0.25) is 19.0 Å². The molecule has 0 N–H and O–H groups in total. The fourth-order valence-electron chi connectivity index (χ4n) is 6.85. The van der Waals surface area contributed by atoms with Crippen molar-refractivity contribution in [3.8, 4) is 0 Å². The first kappa shape index (κ1) is 20.4. The predicted molar refractivity (Wildman–Crippen MR) is 116 cm³/mol. The Morgan fingerprint density at radius 2 is 1.74 bits per heavy atom. The van der Waals surface area contributed by atoms with E-state index in [2.05, 4.69) is 4.98 Å². The lowest BCUT2D eigenvalue weighted by Gasteiger charge is -2.56. The van der Waals surface area contributed by atoms with Gasteiger partial charge in [-0.1, -0.05) is 12.1 Å². The van der Waals surface area contributed by atoms with Gasteiger partial charge >= 0.3 is 5.97 Å². The molecule has 0 aliphatic heterocycles. The summed E-state index contributed by atoms with van der Waals surface area (Å²) in [7, 11) is 1.67. The van der Waals surface area contributed by atoms with E-state index in [9.17, 15) is 14.4 Å². The molecule has 4 aliphatic rings. The smallest absolute Gasteiger partial charge is 0.306 e. The van der Waals surface area contributed by atoms with Gasteiger partial charge in [-0.2, -0.15) is 0 Å². The first-order chi connectivity index (χ1) is 14.8. The molecule has 1 unspecified atom stereocenters. The molecule has 4 fully saturated rings. The molecule has 0 amide bonds. The number of aromatic nitrogens is 2. The van der Waals surface area contributed by atoms with E-state index in [1.165, 1.54) is 23.8 Å². The molecule has 6 rings (SSSR count). The van der Waals surface area contributed by atoms with Crippen LogP contribution in [0.1, 0.15) is 57.7 Å². The zero-order valence-electron chi connectivity index (χ0n) is 18.3. The molecule has 1 heterocycles. The molecule has 1 atom stereocenters. The van der Waals surface area contributed by atoms with Gasteiger partial charge < -0.3 is 4.74 Å². The standard InChI is InChI=1S/C25H30N2O4/c1-15(23(29)25-12-16-9-17(13-25)11-18(10-16)14-25)31-22(28)8-7-21-26-20-6-4-3-5-19(20)24(30)27(21)2/h3-6,15-18H,7-14H2,1-2H3. The Morgan fingerprint density at radius 1 is 1.13 bits per heavy atom. The Bertz CT molecular complexity index is 1070. The van der Waals surface area contributed by atoms with Crippen LogP contribution in [0.2, 0.25) is 0 Å². The lowest BCUT2D eigenvalue weighted by atomic mass is 9.48. The van der Waals surface area contributed by atoms with Crippen LogP contribution in [0, 0.1) is 23.2 Å². The summed E-state index contributed by atoms with van der Waals surface area (Å²) in [5, 5.41) is 0.561. The van der Waals surface area contributed by atoms with Crippen LogP contribution in [-0.2, 0) is 27.8 Å². The van der Waals surface area contributed by atoms with Crippen LogP contribution >= 0.6 is 0 Å². The largest absolute Gasteiger partial charge is 0.455 e. The van der Waals surface area contributed by atoms with E-state index in [1.807, 2.05) is 12.1 Å². The summed E-state index contributed by atoms with van der Waals surface area (Å²) in [6.07, 6.45) is 6.44. The molecule has 4 aliphatic carbocycles. The number of hydrogen-bond donors (Lipinski definition) is 0. The lowest BCUT2D eigenvalue weighted by Crippen LogP contribution is -2.52. The third-order valence-electron chi connectivity index (χ3n) is 7.87. The number of para-hydroxylation sites is 1. The maximum atomic E-state index is 13.3. The van der Waals surface area contributed by atoms with E-state index in [1.54, 1.807) is 26.1 Å². The number of rotatable bonds is 6. The van der Waals surface area contributed by atoms with Gasteiger partial charge in [-0.05, 0) is 75.3 Å². The van der Waals surface area contributed by atoms with Crippen LogP contribution < -0.4 is 5.56 Å². The Labute approximate surface area is 182 Å². The zero-order chi connectivity index (χ0) is 21.8. The van der Waals surface area contributed by atoms with Crippen molar-refractivity contribution in [1.29, 1.82) is 0 Å². The van der Waals surface area contributed by atoms with Crippen molar-refractivity contribution in [3.63, 3.8) is 0 Å².